The van der Waals surface area contributed by atoms with Crippen LogP contribution in [0.15, 0.2) is 0 Å². The summed E-state index contributed by atoms with van der Waals surface area (Å²) < 4.78 is 4.86. The highest BCUT2D eigenvalue weighted by Gasteiger charge is 2.22. The van der Waals surface area contributed by atoms with E-state index in [1.807, 2.05) is 0 Å². The molecule has 4 N–H and O–H groups in total. The van der Waals surface area contributed by atoms with Gasteiger partial charge in [0.1, 0.15) is 6.10 Å². The molecule has 1 aliphatic carbocycles. The Morgan fingerprint density at radius 1 is 1.62 bits per heavy atom. The van der Waals surface area contributed by atoms with Gasteiger partial charge in [-0.1, -0.05) is 0 Å². The first-order valence-electron chi connectivity index (χ1n) is 4.42. The lowest BCUT2D eigenvalue weighted by molar-refractivity contribution is -0.135. The van der Waals surface area contributed by atoms with Gasteiger partial charge in [-0.25, -0.2) is 0 Å². The van der Waals surface area contributed by atoms with Crippen LogP contribution in [-0.4, -0.2) is 24.6 Å². The molecule has 5 heteroatoms. The van der Waals surface area contributed by atoms with Crippen LogP contribution in [0.1, 0.15) is 25.7 Å². The molecule has 1 rings (SSSR count). The summed E-state index contributed by atoms with van der Waals surface area (Å²) in [4.78, 5) is 10.1. The van der Waals surface area contributed by atoms with Crippen molar-refractivity contribution in [1.29, 1.82) is 5.41 Å². The zero-order chi connectivity index (χ0) is 9.68. The molecule has 13 heavy (non-hydrogen) atoms. The monoisotopic (exact) mass is 185 g/mol. The Morgan fingerprint density at radius 2 is 2.38 bits per heavy atom. The summed E-state index contributed by atoms with van der Waals surface area (Å²) in [6, 6.07) is 0.177. The Kier molecular flexibility index (Phi) is 3.54. The smallest absolute Gasteiger partial charge is 0.293 e. The number of nitrogens with one attached hydrogen (secondary N) is 2. The van der Waals surface area contributed by atoms with Crippen molar-refractivity contribution in [2.45, 2.75) is 37.8 Å². The van der Waals surface area contributed by atoms with Crippen LogP contribution in [0.2, 0.25) is 0 Å². The third kappa shape index (κ3) is 3.31. The number of ether oxygens (including phenoxy) is 1. The molecule has 1 saturated carbocycles. The highest BCUT2D eigenvalue weighted by Crippen LogP contribution is 2.20. The zero-order valence-corrected chi connectivity index (χ0v) is 7.45. The van der Waals surface area contributed by atoms with Gasteiger partial charge in [-0.3, -0.25) is 10.2 Å². The minimum Gasteiger partial charge on any atom is -0.465 e. The Morgan fingerprint density at radius 3 is 3.00 bits per heavy atom. The maximum atomic E-state index is 10.1. The molecule has 1 fully saturated rings. The van der Waals surface area contributed by atoms with Crippen LogP contribution < -0.4 is 11.1 Å². The van der Waals surface area contributed by atoms with E-state index in [0.717, 1.165) is 25.7 Å². The third-order valence-electron chi connectivity index (χ3n) is 2.23. The Hall–Kier alpha value is -1.26. The molecule has 0 saturated heterocycles. The van der Waals surface area contributed by atoms with Gasteiger partial charge in [0.05, 0.1) is 0 Å². The van der Waals surface area contributed by atoms with E-state index >= 15 is 0 Å². The van der Waals surface area contributed by atoms with Crippen molar-refractivity contribution in [3.05, 3.63) is 0 Å². The van der Waals surface area contributed by atoms with E-state index in [-0.39, 0.29) is 18.1 Å². The van der Waals surface area contributed by atoms with Gasteiger partial charge in [0, 0.05) is 12.5 Å². The topological polar surface area (TPSA) is 88.2 Å². The molecule has 74 valence electrons. The number of hydrogen-bond acceptors (Lipinski definition) is 3. The van der Waals surface area contributed by atoms with Crippen molar-refractivity contribution in [1.82, 2.24) is 5.32 Å². The second-order valence-corrected chi connectivity index (χ2v) is 3.28. The predicted octanol–water partition coefficient (Wildman–Crippen LogP) is -0.0463. The number of nitrogens with two attached hydrogens (primary N) is 1. The van der Waals surface area contributed by atoms with Crippen LogP contribution in [0.5, 0.6) is 0 Å². The molecule has 1 aliphatic rings. The fraction of sp³-hybridized carbons (Fsp3) is 0.750. The number of hydrogen-bond donors (Lipinski definition) is 3. The van der Waals surface area contributed by atoms with Gasteiger partial charge in [-0.05, 0) is 19.3 Å². The van der Waals surface area contributed by atoms with Crippen molar-refractivity contribution in [3.63, 3.8) is 0 Å². The first kappa shape index (κ1) is 9.83. The SMILES string of the molecule is N=C(N)NC1CCCC(OC=O)C1. The second-order valence-electron chi connectivity index (χ2n) is 3.28. The molecule has 0 heterocycles. The maximum absolute atomic E-state index is 10.1. The molecular formula is C8H15N3O2. The van der Waals surface area contributed by atoms with Gasteiger partial charge in [0.2, 0.25) is 0 Å². The second kappa shape index (κ2) is 4.69. The summed E-state index contributed by atoms with van der Waals surface area (Å²) in [5.41, 5.74) is 5.20. The zero-order valence-electron chi connectivity index (χ0n) is 7.45. The van der Waals surface area contributed by atoms with Gasteiger partial charge >= 0.3 is 0 Å². The van der Waals surface area contributed by atoms with Gasteiger partial charge < -0.3 is 15.8 Å². The first-order chi connectivity index (χ1) is 6.22. The molecule has 0 bridgehead atoms. The molecular weight excluding hydrogens is 170 g/mol. The average Bonchev–Trinajstić information content (AvgIpc) is 2.04. The fourth-order valence-corrected chi connectivity index (χ4v) is 1.70. The van der Waals surface area contributed by atoms with E-state index in [9.17, 15) is 4.79 Å². The van der Waals surface area contributed by atoms with E-state index in [4.69, 9.17) is 15.9 Å². The molecule has 0 aromatic rings. The average molecular weight is 185 g/mol. The van der Waals surface area contributed by atoms with Crippen LogP contribution in [0.3, 0.4) is 0 Å². The molecule has 0 radical (unpaired) electrons. The number of carbonyl (C=O) groups excluding carboxylic acids is 1. The Bertz CT molecular complexity index is 196. The third-order valence-corrected chi connectivity index (χ3v) is 2.23. The summed E-state index contributed by atoms with van der Waals surface area (Å²) in [5.74, 6) is -0.0169. The molecule has 5 nitrogen and oxygen atoms in total. The lowest BCUT2D eigenvalue weighted by Gasteiger charge is -2.28. The number of rotatable bonds is 3. The largest absolute Gasteiger partial charge is 0.465 e. The summed E-state index contributed by atoms with van der Waals surface area (Å²) >= 11 is 0. The lowest BCUT2D eigenvalue weighted by Crippen LogP contribution is -2.43. The van der Waals surface area contributed by atoms with Crippen LogP contribution in [0.4, 0.5) is 0 Å². The van der Waals surface area contributed by atoms with Gasteiger partial charge in [-0.15, -0.1) is 0 Å². The lowest BCUT2D eigenvalue weighted by atomic mass is 9.93. The van der Waals surface area contributed by atoms with E-state index in [2.05, 4.69) is 5.32 Å². The molecule has 0 aliphatic heterocycles. The number of carbonyl (C=O) groups is 1. The summed E-state index contributed by atoms with van der Waals surface area (Å²) in [6.45, 7) is 0.487. The van der Waals surface area contributed by atoms with Crippen molar-refractivity contribution in [2.75, 3.05) is 0 Å². The van der Waals surface area contributed by atoms with Crippen molar-refractivity contribution in [3.8, 4) is 0 Å². The quantitative estimate of drug-likeness (QED) is 0.327. The van der Waals surface area contributed by atoms with E-state index < -0.39 is 0 Å². The van der Waals surface area contributed by atoms with Gasteiger partial charge in [0.25, 0.3) is 6.47 Å². The van der Waals surface area contributed by atoms with Crippen molar-refractivity contribution >= 4 is 12.4 Å². The summed E-state index contributed by atoms with van der Waals surface area (Å²) in [6.07, 6.45) is 3.64. The highest BCUT2D eigenvalue weighted by molar-refractivity contribution is 5.74. The predicted molar refractivity (Wildman–Crippen MR) is 48.2 cm³/mol. The molecule has 2 atom stereocenters. The molecule has 0 spiro atoms. The van der Waals surface area contributed by atoms with Crippen LogP contribution in [0.25, 0.3) is 0 Å². The molecule has 0 aromatic carbocycles. The Labute approximate surface area is 77.1 Å². The van der Waals surface area contributed by atoms with E-state index in [1.165, 1.54) is 0 Å². The molecule has 0 amide bonds. The minimum atomic E-state index is -0.0169. The normalized spacial score (nSPS) is 27.7. The summed E-state index contributed by atoms with van der Waals surface area (Å²) in [5, 5.41) is 9.89. The standard InChI is InChI=1S/C8H15N3O2/c9-8(10)11-6-2-1-3-7(4-6)13-5-12/h5-7H,1-4H2,(H4,9,10,11). The van der Waals surface area contributed by atoms with Crippen LogP contribution in [0, 0.1) is 5.41 Å². The van der Waals surface area contributed by atoms with E-state index in [1.54, 1.807) is 0 Å². The van der Waals surface area contributed by atoms with Crippen LogP contribution in [-0.2, 0) is 9.53 Å². The number of guanidine groups is 1. The van der Waals surface area contributed by atoms with Crippen LogP contribution >= 0.6 is 0 Å². The molecule has 2 unspecified atom stereocenters. The molecule has 0 aromatic heterocycles. The van der Waals surface area contributed by atoms with Gasteiger partial charge in [0.15, 0.2) is 5.96 Å². The summed E-state index contributed by atoms with van der Waals surface area (Å²) in [7, 11) is 0. The maximum Gasteiger partial charge on any atom is 0.293 e. The van der Waals surface area contributed by atoms with Gasteiger partial charge in [-0.2, -0.15) is 0 Å². The van der Waals surface area contributed by atoms with Crippen molar-refractivity contribution < 1.29 is 9.53 Å². The highest BCUT2D eigenvalue weighted by atomic mass is 16.5. The van der Waals surface area contributed by atoms with Crippen molar-refractivity contribution in [2.24, 2.45) is 5.73 Å². The fourth-order valence-electron chi connectivity index (χ4n) is 1.70. The minimum absolute atomic E-state index is 0.0110. The first-order valence-corrected chi connectivity index (χ1v) is 4.42. The van der Waals surface area contributed by atoms with E-state index in [0.29, 0.717) is 6.47 Å². The Balaban J connectivity index is 2.32.